The van der Waals surface area contributed by atoms with E-state index in [0.717, 1.165) is 32.7 Å². The molecule has 172 valence electrons. The second-order valence-corrected chi connectivity index (χ2v) is 8.90. The molecule has 2 aliphatic heterocycles. The summed E-state index contributed by atoms with van der Waals surface area (Å²) in [5.41, 5.74) is 0. The smallest absolute Gasteiger partial charge is 0.269 e. The highest BCUT2D eigenvalue weighted by Crippen LogP contribution is 2.36. The molecule has 1 unspecified atom stereocenters. The van der Waals surface area contributed by atoms with Crippen LogP contribution >= 0.6 is 0 Å². The number of Topliss-reactive ketones (excluding diaryl/α,β-unsaturated/α-hetero) is 1. The fourth-order valence-corrected chi connectivity index (χ4v) is 5.00. The number of likely N-dealkylation sites (tertiary alicyclic amines) is 1. The van der Waals surface area contributed by atoms with Gasteiger partial charge in [0.1, 0.15) is 5.78 Å². The minimum atomic E-state index is -2.83. The zero-order chi connectivity index (χ0) is 22.3. The van der Waals surface area contributed by atoms with E-state index in [1.165, 1.54) is 4.90 Å². The van der Waals surface area contributed by atoms with Gasteiger partial charge >= 0.3 is 0 Å². The van der Waals surface area contributed by atoms with Gasteiger partial charge in [-0.3, -0.25) is 9.59 Å². The number of likely N-dealkylation sites (N-methyl/N-ethyl adjacent to an activating group) is 1. The topological polar surface area (TPSA) is 43.9 Å². The summed E-state index contributed by atoms with van der Waals surface area (Å²) in [6.07, 6.45) is 3.09. The van der Waals surface area contributed by atoms with Crippen molar-refractivity contribution in [2.24, 2.45) is 17.8 Å². The third-order valence-electron chi connectivity index (χ3n) is 7.10. The predicted octanol–water partition coefficient (Wildman–Crippen LogP) is 3.31. The summed E-state index contributed by atoms with van der Waals surface area (Å²) in [5, 5.41) is 0. The molecular formula is C23H39F2N3O2. The molecule has 0 bridgehead atoms. The van der Waals surface area contributed by atoms with Gasteiger partial charge in [-0.25, -0.2) is 8.78 Å². The van der Waals surface area contributed by atoms with E-state index in [9.17, 15) is 18.4 Å². The maximum absolute atomic E-state index is 14.8. The van der Waals surface area contributed by atoms with Crippen molar-refractivity contribution in [1.82, 2.24) is 14.7 Å². The van der Waals surface area contributed by atoms with Crippen molar-refractivity contribution in [3.63, 3.8) is 0 Å². The van der Waals surface area contributed by atoms with E-state index in [-0.39, 0.29) is 23.5 Å². The van der Waals surface area contributed by atoms with Crippen molar-refractivity contribution in [1.29, 1.82) is 0 Å². The van der Waals surface area contributed by atoms with Crippen LogP contribution in [0, 0.1) is 17.8 Å². The van der Waals surface area contributed by atoms with Gasteiger partial charge in [0, 0.05) is 57.0 Å². The highest BCUT2D eigenvalue weighted by molar-refractivity contribution is 5.81. The summed E-state index contributed by atoms with van der Waals surface area (Å²) in [6, 6.07) is 0. The number of hydrogen-bond acceptors (Lipinski definition) is 4. The Bertz CT molecular complexity index is 571. The van der Waals surface area contributed by atoms with Crippen molar-refractivity contribution >= 4 is 11.7 Å². The average Bonchev–Trinajstić information content (AvgIpc) is 2.76. The van der Waals surface area contributed by atoms with Crippen LogP contribution in [0.5, 0.6) is 0 Å². The normalized spacial score (nSPS) is 30.3. The predicted molar refractivity (Wildman–Crippen MR) is 116 cm³/mol. The maximum Gasteiger partial charge on any atom is 0.269 e. The molecule has 3 fully saturated rings. The number of halogens is 2. The number of alkyl halides is 2. The number of carbonyl (C=O) groups excluding carboxylic acids is 2. The second kappa shape index (κ2) is 11.3. The lowest BCUT2D eigenvalue weighted by Crippen LogP contribution is -2.56. The number of rotatable bonds is 5. The highest BCUT2D eigenvalue weighted by atomic mass is 19.3. The Labute approximate surface area is 180 Å². The Morgan fingerprint density at radius 2 is 1.43 bits per heavy atom. The van der Waals surface area contributed by atoms with E-state index in [1.807, 2.05) is 0 Å². The molecule has 0 spiro atoms. The van der Waals surface area contributed by atoms with Crippen LogP contribution in [-0.4, -0.2) is 84.7 Å². The Morgan fingerprint density at radius 3 is 1.93 bits per heavy atom. The molecule has 3 aliphatic rings. The largest absolute Gasteiger partial charge is 0.336 e. The SMILES string of the molecule is C=C.CCN1CCN(CC2CCN(C(=O)C3CCC(C(C)=O)CC3)CC2(F)F)CC1. The van der Waals surface area contributed by atoms with E-state index in [0.29, 0.717) is 45.2 Å². The van der Waals surface area contributed by atoms with Crippen molar-refractivity contribution in [3.8, 4) is 0 Å². The van der Waals surface area contributed by atoms with Crippen molar-refractivity contribution in [2.45, 2.75) is 51.9 Å². The first-order valence-corrected chi connectivity index (χ1v) is 11.4. The Balaban J connectivity index is 0.00000155. The van der Waals surface area contributed by atoms with Gasteiger partial charge in [0.2, 0.25) is 5.91 Å². The Kier molecular flexibility index (Phi) is 9.41. The number of carbonyl (C=O) groups is 2. The molecule has 7 heteroatoms. The average molecular weight is 428 g/mol. The molecule has 5 nitrogen and oxygen atoms in total. The van der Waals surface area contributed by atoms with Gasteiger partial charge in [-0.1, -0.05) is 6.92 Å². The third kappa shape index (κ3) is 6.33. The van der Waals surface area contributed by atoms with Crippen LogP contribution < -0.4 is 0 Å². The monoisotopic (exact) mass is 427 g/mol. The molecule has 0 radical (unpaired) electrons. The Hall–Kier alpha value is -1.34. The number of amides is 1. The van der Waals surface area contributed by atoms with Gasteiger partial charge in [0.25, 0.3) is 5.92 Å². The molecule has 1 amide bonds. The summed E-state index contributed by atoms with van der Waals surface area (Å²) in [6.45, 7) is 14.7. The van der Waals surface area contributed by atoms with Gasteiger partial charge < -0.3 is 14.7 Å². The summed E-state index contributed by atoms with van der Waals surface area (Å²) < 4.78 is 29.7. The molecule has 2 saturated heterocycles. The molecule has 0 aromatic carbocycles. The van der Waals surface area contributed by atoms with E-state index < -0.39 is 18.4 Å². The van der Waals surface area contributed by atoms with Crippen LogP contribution in [0.25, 0.3) is 0 Å². The number of piperazine rings is 1. The lowest BCUT2D eigenvalue weighted by molar-refractivity contribution is -0.157. The van der Waals surface area contributed by atoms with Crippen LogP contribution in [-0.2, 0) is 9.59 Å². The fourth-order valence-electron chi connectivity index (χ4n) is 5.00. The molecule has 1 atom stereocenters. The van der Waals surface area contributed by atoms with E-state index >= 15 is 0 Å². The van der Waals surface area contributed by atoms with Crippen molar-refractivity contribution in [2.75, 3.05) is 52.4 Å². The lowest BCUT2D eigenvalue weighted by atomic mass is 9.79. The maximum atomic E-state index is 14.8. The molecule has 30 heavy (non-hydrogen) atoms. The standard InChI is InChI=1S/C21H35F2N3O2.C2H4/c1-3-24-10-12-25(13-11-24)14-19-8-9-26(15-21(19,22)23)20(28)18-6-4-17(5-7-18)16(2)27;1-2/h17-19H,3-15H2,1-2H3;1-2H2. The van der Waals surface area contributed by atoms with Gasteiger partial charge in [-0.15, -0.1) is 13.2 Å². The zero-order valence-electron chi connectivity index (χ0n) is 18.8. The number of nitrogens with zero attached hydrogens (tertiary/aromatic N) is 3. The molecule has 0 aromatic heterocycles. The molecule has 2 heterocycles. The molecule has 1 aliphatic carbocycles. The highest BCUT2D eigenvalue weighted by Gasteiger charge is 2.47. The molecular weight excluding hydrogens is 388 g/mol. The number of piperidine rings is 1. The van der Waals surface area contributed by atoms with E-state index in [1.54, 1.807) is 6.92 Å². The molecule has 1 saturated carbocycles. The van der Waals surface area contributed by atoms with Crippen LogP contribution in [0.15, 0.2) is 13.2 Å². The quantitative estimate of drug-likeness (QED) is 0.632. The lowest BCUT2D eigenvalue weighted by Gasteiger charge is -2.43. The fraction of sp³-hybridized carbons (Fsp3) is 0.826. The van der Waals surface area contributed by atoms with Gasteiger partial charge in [0.15, 0.2) is 0 Å². The van der Waals surface area contributed by atoms with Crippen LogP contribution in [0.3, 0.4) is 0 Å². The summed E-state index contributed by atoms with van der Waals surface area (Å²) in [7, 11) is 0. The summed E-state index contributed by atoms with van der Waals surface area (Å²) in [5.74, 6) is -3.59. The van der Waals surface area contributed by atoms with Gasteiger partial charge in [0.05, 0.1) is 6.54 Å². The van der Waals surface area contributed by atoms with Crippen LogP contribution in [0.2, 0.25) is 0 Å². The minimum absolute atomic E-state index is 0.0457. The Morgan fingerprint density at radius 1 is 0.900 bits per heavy atom. The van der Waals surface area contributed by atoms with Crippen LogP contribution in [0.4, 0.5) is 8.78 Å². The third-order valence-corrected chi connectivity index (χ3v) is 7.10. The minimum Gasteiger partial charge on any atom is -0.336 e. The molecule has 0 aromatic rings. The summed E-state index contributed by atoms with van der Waals surface area (Å²) in [4.78, 5) is 30.2. The first-order valence-electron chi connectivity index (χ1n) is 11.4. The number of hydrogen-bond donors (Lipinski definition) is 0. The van der Waals surface area contributed by atoms with E-state index in [4.69, 9.17) is 0 Å². The van der Waals surface area contributed by atoms with Gasteiger partial charge in [-0.2, -0.15) is 0 Å². The zero-order valence-corrected chi connectivity index (χ0v) is 18.8. The second-order valence-electron chi connectivity index (χ2n) is 8.90. The molecule has 3 rings (SSSR count). The summed E-state index contributed by atoms with van der Waals surface area (Å²) >= 11 is 0. The first kappa shape index (κ1) is 24.9. The molecule has 0 N–H and O–H groups in total. The van der Waals surface area contributed by atoms with Gasteiger partial charge in [-0.05, 0) is 45.6 Å². The first-order chi connectivity index (χ1) is 14.3. The van der Waals surface area contributed by atoms with Crippen molar-refractivity contribution < 1.29 is 18.4 Å². The number of ketones is 1. The van der Waals surface area contributed by atoms with Crippen LogP contribution in [0.1, 0.15) is 46.0 Å². The van der Waals surface area contributed by atoms with E-state index in [2.05, 4.69) is 29.9 Å². The van der Waals surface area contributed by atoms with Crippen molar-refractivity contribution in [3.05, 3.63) is 13.2 Å².